The number of rotatable bonds is 8. The molecule has 0 amide bonds. The third kappa shape index (κ3) is 4.39. The molecule has 2 heterocycles. The summed E-state index contributed by atoms with van der Waals surface area (Å²) in [6.45, 7) is 0.244. The number of carbonyl (C=O) groups is 2. The first-order chi connectivity index (χ1) is 13.9. The number of methoxy groups -OCH3 is 1. The Morgan fingerprint density at radius 3 is 2.83 bits per heavy atom. The van der Waals surface area contributed by atoms with E-state index in [-0.39, 0.29) is 40.5 Å². The van der Waals surface area contributed by atoms with E-state index in [0.29, 0.717) is 6.42 Å². The molecular weight excluding hydrogens is 457 g/mol. The van der Waals surface area contributed by atoms with Crippen molar-refractivity contribution in [3.05, 3.63) is 39.0 Å². The van der Waals surface area contributed by atoms with E-state index in [9.17, 15) is 18.8 Å². The summed E-state index contributed by atoms with van der Waals surface area (Å²) in [6, 6.07) is 3.90. The highest BCUT2D eigenvalue weighted by Crippen LogP contribution is 2.26. The van der Waals surface area contributed by atoms with Gasteiger partial charge in [-0.15, -0.1) is 0 Å². The molecule has 0 radical (unpaired) electrons. The summed E-state index contributed by atoms with van der Waals surface area (Å²) in [5.41, 5.74) is 0.341. The topological polar surface area (TPSA) is 142 Å². The van der Waals surface area contributed by atoms with E-state index < -0.39 is 23.3 Å². The smallest absolute Gasteiger partial charge is 0.446 e. The van der Waals surface area contributed by atoms with E-state index in [2.05, 4.69) is 41.5 Å². The number of esters is 1. The van der Waals surface area contributed by atoms with Gasteiger partial charge in [-0.2, -0.15) is 0 Å². The minimum Gasteiger partial charge on any atom is -0.463 e. The van der Waals surface area contributed by atoms with Gasteiger partial charge in [-0.3, -0.25) is 9.32 Å². The number of ether oxygens (including phenoxy) is 1. The van der Waals surface area contributed by atoms with Crippen molar-refractivity contribution in [1.29, 1.82) is 0 Å². The Balaban J connectivity index is 1.79. The van der Waals surface area contributed by atoms with Crippen molar-refractivity contribution in [3.8, 4) is 17.2 Å². The number of Topliss-reactive ketones (excluding diaryl/α,β-unsaturated/α-hetero) is 1. The molecule has 0 aliphatic heterocycles. The Morgan fingerprint density at radius 2 is 2.10 bits per heavy atom. The number of carbonyl (C=O) groups excluding carboxylic acids is 2. The number of anilines is 1. The molecule has 2 aromatic heterocycles. The predicted molar refractivity (Wildman–Crippen MR) is 97.8 cm³/mol. The maximum Gasteiger partial charge on any atom is 0.446 e. The largest absolute Gasteiger partial charge is 0.463 e. The summed E-state index contributed by atoms with van der Waals surface area (Å²) in [5, 5.41) is 14.0. The van der Waals surface area contributed by atoms with Crippen LogP contribution in [-0.2, 0) is 14.3 Å². The summed E-state index contributed by atoms with van der Waals surface area (Å²) in [5.74, 6) is -2.78. The summed E-state index contributed by atoms with van der Waals surface area (Å²) in [6.07, 6.45) is 0.273. The lowest BCUT2D eigenvalue weighted by atomic mass is 10.2. The Kier molecular flexibility index (Phi) is 6.16. The van der Waals surface area contributed by atoms with Crippen LogP contribution in [0, 0.1) is 5.82 Å². The monoisotopic (exact) mass is 469 g/mol. The lowest BCUT2D eigenvalue weighted by Crippen LogP contribution is -2.17. The second kappa shape index (κ2) is 8.77. The number of nitrogens with zero attached hydrogens (tertiary/aromatic N) is 4. The molecule has 0 aliphatic rings. The van der Waals surface area contributed by atoms with Gasteiger partial charge in [0.1, 0.15) is 5.82 Å². The van der Waals surface area contributed by atoms with Gasteiger partial charge in [-0.05, 0) is 50.9 Å². The zero-order valence-corrected chi connectivity index (χ0v) is 16.4. The fourth-order valence-electron chi connectivity index (χ4n) is 2.37. The van der Waals surface area contributed by atoms with Crippen LogP contribution in [0.3, 0.4) is 0 Å². The van der Waals surface area contributed by atoms with Crippen molar-refractivity contribution in [1.82, 2.24) is 20.0 Å². The molecule has 11 nitrogen and oxygen atoms in total. The lowest BCUT2D eigenvalue weighted by molar-refractivity contribution is -0.151. The Bertz CT molecular complexity index is 1110. The highest BCUT2D eigenvalue weighted by atomic mass is 79.9. The molecule has 29 heavy (non-hydrogen) atoms. The first kappa shape index (κ1) is 20.4. The zero-order valence-electron chi connectivity index (χ0n) is 14.8. The summed E-state index contributed by atoms with van der Waals surface area (Å²) >= 11 is 3.05. The molecule has 0 fully saturated rings. The van der Waals surface area contributed by atoms with Gasteiger partial charge in [0.05, 0.1) is 17.3 Å². The fraction of sp³-hybridized carbons (Fsp3) is 0.250. The second-order valence-corrected chi connectivity index (χ2v) is 6.47. The van der Waals surface area contributed by atoms with Crippen molar-refractivity contribution >= 4 is 33.5 Å². The number of hydrogen-bond acceptors (Lipinski definition) is 10. The highest BCUT2D eigenvalue weighted by molar-refractivity contribution is 9.10. The van der Waals surface area contributed by atoms with Gasteiger partial charge in [0.2, 0.25) is 17.4 Å². The van der Waals surface area contributed by atoms with Crippen molar-refractivity contribution < 1.29 is 27.9 Å². The van der Waals surface area contributed by atoms with Crippen LogP contribution >= 0.6 is 15.9 Å². The maximum atomic E-state index is 13.5. The van der Waals surface area contributed by atoms with E-state index in [1.165, 1.54) is 18.2 Å². The molecule has 1 aromatic carbocycles. The van der Waals surface area contributed by atoms with Gasteiger partial charge >= 0.3 is 11.7 Å². The number of benzene rings is 1. The molecule has 13 heteroatoms. The van der Waals surface area contributed by atoms with Crippen LogP contribution in [0.1, 0.15) is 12.8 Å². The van der Waals surface area contributed by atoms with Crippen molar-refractivity contribution in [2.75, 3.05) is 19.0 Å². The predicted octanol–water partition coefficient (Wildman–Crippen LogP) is 1.71. The average molecular weight is 470 g/mol. The molecule has 0 aliphatic carbocycles. The van der Waals surface area contributed by atoms with Gasteiger partial charge in [0.25, 0.3) is 0 Å². The third-order valence-corrected chi connectivity index (χ3v) is 4.36. The third-order valence-electron chi connectivity index (χ3n) is 3.75. The molecule has 3 aromatic rings. The summed E-state index contributed by atoms with van der Waals surface area (Å²) in [4.78, 5) is 34.6. The van der Waals surface area contributed by atoms with E-state index in [1.807, 2.05) is 0 Å². The van der Waals surface area contributed by atoms with Crippen molar-refractivity contribution in [2.45, 2.75) is 12.8 Å². The number of aromatic nitrogens is 4. The minimum absolute atomic E-state index is 0.0251. The number of ketones is 1. The number of nitrogens with one attached hydrogen (secondary N) is 1. The molecule has 0 bridgehead atoms. The van der Waals surface area contributed by atoms with Gasteiger partial charge in [-0.25, -0.2) is 23.2 Å². The van der Waals surface area contributed by atoms with Crippen molar-refractivity contribution in [3.63, 3.8) is 0 Å². The normalized spacial score (nSPS) is 10.7. The van der Waals surface area contributed by atoms with Crippen LogP contribution in [0.15, 0.2) is 36.6 Å². The van der Waals surface area contributed by atoms with Gasteiger partial charge < -0.3 is 10.1 Å². The zero-order chi connectivity index (χ0) is 21.0. The molecule has 3 rings (SSSR count). The van der Waals surface area contributed by atoms with E-state index in [1.54, 1.807) is 0 Å². The van der Waals surface area contributed by atoms with Crippen LogP contribution < -0.4 is 11.1 Å². The van der Waals surface area contributed by atoms with Crippen LogP contribution in [0.5, 0.6) is 0 Å². The highest BCUT2D eigenvalue weighted by Gasteiger charge is 2.23. The summed E-state index contributed by atoms with van der Waals surface area (Å²) < 4.78 is 28.5. The van der Waals surface area contributed by atoms with Crippen LogP contribution in [0.4, 0.5) is 10.2 Å². The first-order valence-electron chi connectivity index (χ1n) is 8.14. The first-order valence-corrected chi connectivity index (χ1v) is 8.93. The molecule has 0 atom stereocenters. The Morgan fingerprint density at radius 1 is 1.31 bits per heavy atom. The minimum atomic E-state index is -0.911. The van der Waals surface area contributed by atoms with Gasteiger partial charge in [0.15, 0.2) is 5.69 Å². The standard InChI is InChI=1S/C16H13BrFN5O6/c1-27-15(25)11(24)3-2-6-19-13-12(20-29-21-13)14-22-28-16(26)23(14)8-4-5-10(18)9(17)7-8/h4-5,7H,2-3,6H2,1H3,(H,19,21). The lowest BCUT2D eigenvalue weighted by Gasteiger charge is -2.05. The van der Waals surface area contributed by atoms with E-state index in [4.69, 9.17) is 9.15 Å². The molecule has 152 valence electrons. The van der Waals surface area contributed by atoms with Gasteiger partial charge in [0, 0.05) is 13.0 Å². The SMILES string of the molecule is COC(=O)C(=O)CCCNc1nonc1-c1noc(=O)n1-c1ccc(F)c(Br)c1. The van der Waals surface area contributed by atoms with E-state index in [0.717, 1.165) is 11.7 Å². The average Bonchev–Trinajstić information content (AvgIpc) is 3.32. The van der Waals surface area contributed by atoms with Crippen LogP contribution in [-0.4, -0.2) is 45.4 Å². The number of hydrogen-bond donors (Lipinski definition) is 1. The van der Waals surface area contributed by atoms with Crippen molar-refractivity contribution in [2.24, 2.45) is 0 Å². The molecular formula is C16H13BrFN5O6. The quantitative estimate of drug-likeness (QED) is 0.294. The molecule has 1 N–H and O–H groups in total. The maximum absolute atomic E-state index is 13.5. The summed E-state index contributed by atoms with van der Waals surface area (Å²) in [7, 11) is 1.13. The Hall–Kier alpha value is -3.35. The Labute approximate surface area is 169 Å². The number of halogens is 2. The molecule has 0 saturated carbocycles. The van der Waals surface area contributed by atoms with Gasteiger partial charge in [-0.1, -0.05) is 5.16 Å². The van der Waals surface area contributed by atoms with E-state index >= 15 is 0 Å². The fourth-order valence-corrected chi connectivity index (χ4v) is 2.74. The second-order valence-electron chi connectivity index (χ2n) is 5.61. The molecule has 0 spiro atoms. The van der Waals surface area contributed by atoms with Crippen LogP contribution in [0.2, 0.25) is 0 Å². The molecule has 0 saturated heterocycles. The molecule has 0 unspecified atom stereocenters. The van der Waals surface area contributed by atoms with Crippen LogP contribution in [0.25, 0.3) is 17.2 Å².